The normalized spacial score (nSPS) is 13.2. The highest BCUT2D eigenvalue weighted by Gasteiger charge is 2.21. The Morgan fingerprint density at radius 2 is 1.28 bits per heavy atom. The van der Waals surface area contributed by atoms with E-state index in [4.69, 9.17) is 15.9 Å². The molecule has 0 aromatic rings. The van der Waals surface area contributed by atoms with Gasteiger partial charge in [0, 0.05) is 0 Å². The van der Waals surface area contributed by atoms with Crippen molar-refractivity contribution in [3.05, 3.63) is 0 Å². The van der Waals surface area contributed by atoms with Crippen molar-refractivity contribution >= 4 is 35.5 Å². The number of carboxylic acid groups (broad SMARTS) is 1. The molecule has 0 saturated heterocycles. The van der Waals surface area contributed by atoms with Crippen LogP contribution in [-0.2, 0) is 28.8 Å². The first-order chi connectivity index (χ1) is 13.5. The fourth-order valence-corrected chi connectivity index (χ4v) is 1.77. The van der Waals surface area contributed by atoms with Gasteiger partial charge in [0.05, 0.1) is 26.2 Å². The molecule has 0 radical (unpaired) electrons. The summed E-state index contributed by atoms with van der Waals surface area (Å²) >= 11 is 0. The van der Waals surface area contributed by atoms with Crippen molar-refractivity contribution < 1.29 is 39.0 Å². The number of aliphatic hydroxyl groups is 1. The molecule has 14 heteroatoms. The molecule has 0 heterocycles. The number of nitrogens with two attached hydrogens (primary N) is 1. The van der Waals surface area contributed by atoms with Crippen molar-refractivity contribution in [3.63, 3.8) is 0 Å². The third-order valence-corrected chi connectivity index (χ3v) is 3.38. The van der Waals surface area contributed by atoms with Gasteiger partial charge in [-0.2, -0.15) is 0 Å². The molecule has 29 heavy (non-hydrogen) atoms. The summed E-state index contributed by atoms with van der Waals surface area (Å²) in [5, 5.41) is 28.7. The molecular formula is C15H26N6O8. The van der Waals surface area contributed by atoms with Crippen molar-refractivity contribution in [1.82, 2.24) is 26.6 Å². The van der Waals surface area contributed by atoms with Gasteiger partial charge in [0.2, 0.25) is 29.5 Å². The Hall–Kier alpha value is -3.26. The highest BCUT2D eigenvalue weighted by Crippen LogP contribution is 1.86. The molecule has 0 fully saturated rings. The predicted molar refractivity (Wildman–Crippen MR) is 96.9 cm³/mol. The quantitative estimate of drug-likeness (QED) is 0.151. The maximum atomic E-state index is 11.8. The van der Waals surface area contributed by atoms with Crippen LogP contribution in [0.15, 0.2) is 0 Å². The summed E-state index contributed by atoms with van der Waals surface area (Å²) in [6.07, 6.45) is 0. The minimum atomic E-state index is -1.29. The van der Waals surface area contributed by atoms with Gasteiger partial charge in [-0.1, -0.05) is 0 Å². The zero-order valence-electron chi connectivity index (χ0n) is 16.0. The first kappa shape index (κ1) is 25.7. The summed E-state index contributed by atoms with van der Waals surface area (Å²) in [7, 11) is 0. The number of amides is 5. The van der Waals surface area contributed by atoms with E-state index in [0.717, 1.165) is 0 Å². The molecule has 0 aliphatic carbocycles. The van der Waals surface area contributed by atoms with Crippen molar-refractivity contribution in [3.8, 4) is 0 Å². The molecule has 0 aliphatic heterocycles. The molecule has 0 rings (SSSR count). The molecule has 14 nitrogen and oxygen atoms in total. The second-order valence-corrected chi connectivity index (χ2v) is 5.86. The average Bonchev–Trinajstić information content (AvgIpc) is 2.67. The molecule has 5 amide bonds. The van der Waals surface area contributed by atoms with Gasteiger partial charge in [0.15, 0.2) is 0 Å². The number of hydrogen-bond acceptors (Lipinski definition) is 8. The number of hydrogen-bond donors (Lipinski definition) is 8. The number of carboxylic acids is 1. The molecule has 0 bridgehead atoms. The molecule has 164 valence electrons. The van der Waals surface area contributed by atoms with Crippen molar-refractivity contribution in [2.24, 2.45) is 5.73 Å². The zero-order chi connectivity index (χ0) is 22.6. The van der Waals surface area contributed by atoms with Crippen LogP contribution in [0.3, 0.4) is 0 Å². The first-order valence-corrected chi connectivity index (χ1v) is 8.49. The van der Waals surface area contributed by atoms with Crippen LogP contribution in [0.4, 0.5) is 0 Å². The Bertz CT molecular complexity index is 640. The van der Waals surface area contributed by atoms with E-state index in [9.17, 15) is 28.8 Å². The van der Waals surface area contributed by atoms with Gasteiger partial charge in [0.25, 0.3) is 0 Å². The van der Waals surface area contributed by atoms with Crippen LogP contribution in [0.5, 0.6) is 0 Å². The number of aliphatic hydroxyl groups excluding tert-OH is 1. The minimum absolute atomic E-state index is 0.385. The van der Waals surface area contributed by atoms with Crippen LogP contribution in [0.1, 0.15) is 13.8 Å². The third kappa shape index (κ3) is 10.6. The van der Waals surface area contributed by atoms with Crippen molar-refractivity contribution in [2.45, 2.75) is 32.0 Å². The van der Waals surface area contributed by atoms with E-state index in [1.54, 1.807) is 0 Å². The lowest BCUT2D eigenvalue weighted by Gasteiger charge is -2.17. The summed E-state index contributed by atoms with van der Waals surface area (Å²) in [5.74, 6) is -4.92. The van der Waals surface area contributed by atoms with Gasteiger partial charge in [-0.05, 0) is 13.8 Å². The lowest BCUT2D eigenvalue weighted by Crippen LogP contribution is -2.53. The second kappa shape index (κ2) is 13.0. The molecule has 0 spiro atoms. The Morgan fingerprint density at radius 3 is 1.72 bits per heavy atom. The molecule has 0 aromatic heterocycles. The number of aliphatic carboxylic acids is 1. The summed E-state index contributed by atoms with van der Waals surface area (Å²) in [6.45, 7) is 0.450. The summed E-state index contributed by atoms with van der Waals surface area (Å²) in [5.41, 5.74) is 5.08. The van der Waals surface area contributed by atoms with Gasteiger partial charge in [-0.3, -0.25) is 28.8 Å². The van der Waals surface area contributed by atoms with Crippen LogP contribution < -0.4 is 32.3 Å². The van der Waals surface area contributed by atoms with Crippen LogP contribution in [0.25, 0.3) is 0 Å². The maximum absolute atomic E-state index is 11.8. The van der Waals surface area contributed by atoms with Crippen molar-refractivity contribution in [2.75, 3.05) is 26.2 Å². The molecule has 9 N–H and O–H groups in total. The number of nitrogens with one attached hydrogen (secondary N) is 5. The highest BCUT2D eigenvalue weighted by molar-refractivity contribution is 5.93. The number of carbonyl (C=O) groups excluding carboxylic acids is 5. The van der Waals surface area contributed by atoms with Gasteiger partial charge in [-0.15, -0.1) is 0 Å². The average molecular weight is 418 g/mol. The van der Waals surface area contributed by atoms with Gasteiger partial charge in [0.1, 0.15) is 18.1 Å². The molecule has 0 unspecified atom stereocenters. The summed E-state index contributed by atoms with van der Waals surface area (Å²) < 4.78 is 0. The van der Waals surface area contributed by atoms with E-state index in [-0.39, 0.29) is 6.54 Å². The van der Waals surface area contributed by atoms with Gasteiger partial charge in [-0.25, -0.2) is 0 Å². The Kier molecular flexibility index (Phi) is 11.5. The molecule has 3 atom stereocenters. The maximum Gasteiger partial charge on any atom is 0.325 e. The van der Waals surface area contributed by atoms with Crippen LogP contribution >= 0.6 is 0 Å². The standard InChI is InChI=1S/C15H26N6O8/c1-7(13(26)17-4-12(25)20-8(2)15(28)29)19-11(24)5-18-14(27)9(6-22)21-10(23)3-16/h7-9,22H,3-6,16H2,1-2H3,(H,17,26)(H,18,27)(H,19,24)(H,20,25)(H,21,23)(H,28,29)/t7-,8-,9-/m0/s1. The largest absolute Gasteiger partial charge is 0.480 e. The van der Waals surface area contributed by atoms with Crippen LogP contribution in [0.2, 0.25) is 0 Å². The Labute approximate surface area is 165 Å². The monoisotopic (exact) mass is 418 g/mol. The topological polar surface area (TPSA) is 229 Å². The van der Waals surface area contributed by atoms with E-state index in [2.05, 4.69) is 26.6 Å². The Balaban J connectivity index is 4.33. The third-order valence-electron chi connectivity index (χ3n) is 3.38. The second-order valence-electron chi connectivity index (χ2n) is 5.86. The molecule has 0 aliphatic rings. The molecular weight excluding hydrogens is 392 g/mol. The van der Waals surface area contributed by atoms with E-state index in [1.165, 1.54) is 13.8 Å². The lowest BCUT2D eigenvalue weighted by atomic mass is 10.2. The fourth-order valence-electron chi connectivity index (χ4n) is 1.77. The highest BCUT2D eigenvalue weighted by atomic mass is 16.4. The van der Waals surface area contributed by atoms with E-state index < -0.39 is 73.3 Å². The fraction of sp³-hybridized carbons (Fsp3) is 0.600. The van der Waals surface area contributed by atoms with E-state index >= 15 is 0 Å². The van der Waals surface area contributed by atoms with Crippen molar-refractivity contribution in [1.29, 1.82) is 0 Å². The van der Waals surface area contributed by atoms with Gasteiger partial charge < -0.3 is 42.5 Å². The summed E-state index contributed by atoms with van der Waals surface area (Å²) in [4.78, 5) is 68.7. The van der Waals surface area contributed by atoms with Gasteiger partial charge >= 0.3 is 5.97 Å². The number of carbonyl (C=O) groups is 6. The predicted octanol–water partition coefficient (Wildman–Crippen LogP) is -5.25. The Morgan fingerprint density at radius 1 is 0.793 bits per heavy atom. The van der Waals surface area contributed by atoms with E-state index in [0.29, 0.717) is 0 Å². The number of rotatable bonds is 12. The van der Waals surface area contributed by atoms with Crippen LogP contribution in [0, 0.1) is 0 Å². The van der Waals surface area contributed by atoms with Crippen LogP contribution in [-0.4, -0.2) is 90.1 Å². The lowest BCUT2D eigenvalue weighted by molar-refractivity contribution is -0.141. The van der Waals surface area contributed by atoms with E-state index in [1.807, 2.05) is 0 Å². The smallest absolute Gasteiger partial charge is 0.325 e. The summed E-state index contributed by atoms with van der Waals surface area (Å²) in [6, 6.07) is -3.47. The minimum Gasteiger partial charge on any atom is -0.480 e. The molecule has 0 aromatic carbocycles. The first-order valence-electron chi connectivity index (χ1n) is 8.49. The SMILES string of the molecule is C[C@H](NC(=O)CNC(=O)[C@H](C)NC(=O)CNC(=O)[C@H](CO)NC(=O)CN)C(=O)O. The zero-order valence-corrected chi connectivity index (χ0v) is 16.0. The molecule has 0 saturated carbocycles.